The molecule has 5 heteroatoms. The zero-order valence-corrected chi connectivity index (χ0v) is 11.5. The van der Waals surface area contributed by atoms with E-state index in [0.29, 0.717) is 17.7 Å². The number of amides is 1. The molecule has 0 N–H and O–H groups in total. The van der Waals surface area contributed by atoms with Crippen LogP contribution in [-0.2, 0) is 0 Å². The molecule has 2 heterocycles. The molecule has 0 aromatic carbocycles. The minimum absolute atomic E-state index is 0.0903. The first-order valence-corrected chi connectivity index (χ1v) is 7.59. The molecule has 1 saturated carbocycles. The van der Waals surface area contributed by atoms with Gasteiger partial charge in [-0.3, -0.25) is 4.79 Å². The summed E-state index contributed by atoms with van der Waals surface area (Å²) in [6, 6.07) is 0.441. The Kier molecular flexibility index (Phi) is 3.33. The Balaban J connectivity index is 1.81. The number of rotatable bonds is 1. The first kappa shape index (κ1) is 12.1. The number of piperidine rings is 1. The maximum atomic E-state index is 12.5. The van der Waals surface area contributed by atoms with Crippen LogP contribution in [0.4, 0.5) is 0 Å². The fourth-order valence-electron chi connectivity index (χ4n) is 3.57. The van der Waals surface area contributed by atoms with Crippen LogP contribution in [-0.4, -0.2) is 32.1 Å². The highest BCUT2D eigenvalue weighted by Gasteiger charge is 2.39. The van der Waals surface area contributed by atoms with E-state index in [0.717, 1.165) is 37.0 Å². The Labute approximate surface area is 112 Å². The van der Waals surface area contributed by atoms with Gasteiger partial charge in [0.05, 0.1) is 17.9 Å². The zero-order chi connectivity index (χ0) is 12.5. The van der Waals surface area contributed by atoms with Crippen LogP contribution < -0.4 is 0 Å². The van der Waals surface area contributed by atoms with Gasteiger partial charge in [-0.1, -0.05) is 19.8 Å². The molecule has 1 saturated heterocycles. The maximum absolute atomic E-state index is 12.5. The maximum Gasteiger partial charge on any atom is 0.275 e. The molecule has 98 valence electrons. The molecule has 0 spiro atoms. The predicted octanol–water partition coefficient (Wildman–Crippen LogP) is 2.58. The summed E-state index contributed by atoms with van der Waals surface area (Å²) in [5.41, 5.74) is 0.527. The molecular formula is C13H19N3OS. The Morgan fingerprint density at radius 1 is 1.39 bits per heavy atom. The van der Waals surface area contributed by atoms with Crippen molar-refractivity contribution >= 4 is 17.6 Å². The van der Waals surface area contributed by atoms with Gasteiger partial charge in [0.15, 0.2) is 5.69 Å². The molecular weight excluding hydrogens is 246 g/mol. The van der Waals surface area contributed by atoms with E-state index < -0.39 is 0 Å². The minimum atomic E-state index is 0.0903. The summed E-state index contributed by atoms with van der Waals surface area (Å²) in [5.74, 6) is 1.54. The number of carbonyl (C=O) groups excluding carboxylic acids is 1. The molecule has 1 amide bonds. The standard InChI is InChI=1S/C13H19N3OS/c1-9-6-7-16(12-5-3-2-4-10(9)12)13(17)11-8-14-18-15-11/h8-10,12H,2-7H2,1H3. The van der Waals surface area contributed by atoms with E-state index in [1.54, 1.807) is 6.20 Å². The van der Waals surface area contributed by atoms with Crippen molar-refractivity contribution < 1.29 is 4.79 Å². The van der Waals surface area contributed by atoms with Gasteiger partial charge in [-0.2, -0.15) is 8.75 Å². The third-order valence-corrected chi connectivity index (χ3v) is 5.06. The average Bonchev–Trinajstić information content (AvgIpc) is 2.93. The molecule has 3 unspecified atom stereocenters. The Bertz CT molecular complexity index is 420. The second kappa shape index (κ2) is 4.96. The van der Waals surface area contributed by atoms with Crippen LogP contribution in [0.3, 0.4) is 0 Å². The number of likely N-dealkylation sites (tertiary alicyclic amines) is 1. The van der Waals surface area contributed by atoms with Gasteiger partial charge < -0.3 is 4.90 Å². The normalized spacial score (nSPS) is 32.1. The largest absolute Gasteiger partial charge is 0.334 e. The number of nitrogens with zero attached hydrogens (tertiary/aromatic N) is 3. The van der Waals surface area contributed by atoms with Crippen LogP contribution in [0.5, 0.6) is 0 Å². The monoisotopic (exact) mass is 265 g/mol. The molecule has 1 aliphatic heterocycles. The van der Waals surface area contributed by atoms with Crippen molar-refractivity contribution in [2.24, 2.45) is 11.8 Å². The fraction of sp³-hybridized carbons (Fsp3) is 0.769. The number of hydrogen-bond donors (Lipinski definition) is 0. The lowest BCUT2D eigenvalue weighted by Crippen LogP contribution is -2.52. The topological polar surface area (TPSA) is 46.1 Å². The number of fused-ring (bicyclic) bond motifs is 1. The second-order valence-electron chi connectivity index (χ2n) is 5.57. The highest BCUT2D eigenvalue weighted by Crippen LogP contribution is 2.39. The molecule has 0 bridgehead atoms. The molecule has 1 aromatic rings. The highest BCUT2D eigenvalue weighted by atomic mass is 32.1. The summed E-state index contributed by atoms with van der Waals surface area (Å²) in [6.07, 6.45) is 7.76. The lowest BCUT2D eigenvalue weighted by molar-refractivity contribution is 0.0214. The van der Waals surface area contributed by atoms with Gasteiger partial charge in [0.1, 0.15) is 0 Å². The van der Waals surface area contributed by atoms with E-state index >= 15 is 0 Å². The first-order valence-electron chi connectivity index (χ1n) is 6.86. The van der Waals surface area contributed by atoms with Crippen molar-refractivity contribution in [2.45, 2.75) is 45.1 Å². The lowest BCUT2D eigenvalue weighted by atomic mass is 9.72. The summed E-state index contributed by atoms with van der Waals surface area (Å²) >= 11 is 1.11. The Morgan fingerprint density at radius 2 is 2.22 bits per heavy atom. The van der Waals surface area contributed by atoms with E-state index in [1.807, 2.05) is 0 Å². The SMILES string of the molecule is CC1CCN(C(=O)c2cnsn2)C2CCCCC12. The molecule has 0 radical (unpaired) electrons. The quantitative estimate of drug-likeness (QED) is 0.784. The van der Waals surface area contributed by atoms with Crippen LogP contribution in [0.2, 0.25) is 0 Å². The first-order chi connectivity index (χ1) is 8.77. The molecule has 2 aliphatic rings. The molecule has 3 atom stereocenters. The van der Waals surface area contributed by atoms with Crippen molar-refractivity contribution in [3.05, 3.63) is 11.9 Å². The summed E-state index contributed by atoms with van der Waals surface area (Å²) < 4.78 is 8.03. The van der Waals surface area contributed by atoms with E-state index in [9.17, 15) is 4.79 Å². The third-order valence-electron chi connectivity index (χ3n) is 4.58. The molecule has 4 nitrogen and oxygen atoms in total. The van der Waals surface area contributed by atoms with Gasteiger partial charge in [0, 0.05) is 12.6 Å². The van der Waals surface area contributed by atoms with Crippen LogP contribution in [0, 0.1) is 11.8 Å². The minimum Gasteiger partial charge on any atom is -0.334 e. The number of hydrogen-bond acceptors (Lipinski definition) is 4. The van der Waals surface area contributed by atoms with E-state index in [1.165, 1.54) is 19.3 Å². The van der Waals surface area contributed by atoms with Crippen molar-refractivity contribution in [3.63, 3.8) is 0 Å². The van der Waals surface area contributed by atoms with E-state index in [-0.39, 0.29) is 5.91 Å². The predicted molar refractivity (Wildman–Crippen MR) is 70.5 cm³/mol. The summed E-state index contributed by atoms with van der Waals surface area (Å²) in [7, 11) is 0. The van der Waals surface area contributed by atoms with Gasteiger partial charge in [0.2, 0.25) is 0 Å². The van der Waals surface area contributed by atoms with Gasteiger partial charge >= 0.3 is 0 Å². The van der Waals surface area contributed by atoms with Gasteiger partial charge in [0.25, 0.3) is 5.91 Å². The zero-order valence-electron chi connectivity index (χ0n) is 10.7. The molecule has 1 aliphatic carbocycles. The Hall–Kier alpha value is -0.970. The van der Waals surface area contributed by atoms with Gasteiger partial charge in [-0.15, -0.1) is 0 Å². The van der Waals surface area contributed by atoms with Gasteiger partial charge in [-0.25, -0.2) is 0 Å². The lowest BCUT2D eigenvalue weighted by Gasteiger charge is -2.47. The summed E-state index contributed by atoms with van der Waals surface area (Å²) in [6.45, 7) is 3.23. The van der Waals surface area contributed by atoms with Crippen molar-refractivity contribution in [3.8, 4) is 0 Å². The van der Waals surface area contributed by atoms with E-state index in [4.69, 9.17) is 0 Å². The molecule has 3 rings (SSSR count). The van der Waals surface area contributed by atoms with Gasteiger partial charge in [-0.05, 0) is 31.1 Å². The molecule has 1 aromatic heterocycles. The second-order valence-corrected chi connectivity index (χ2v) is 6.13. The van der Waals surface area contributed by atoms with Crippen LogP contribution in [0.15, 0.2) is 6.20 Å². The number of aromatic nitrogens is 2. The van der Waals surface area contributed by atoms with Crippen LogP contribution >= 0.6 is 11.7 Å². The average molecular weight is 265 g/mol. The van der Waals surface area contributed by atoms with Crippen LogP contribution in [0.25, 0.3) is 0 Å². The molecule has 2 fully saturated rings. The highest BCUT2D eigenvalue weighted by molar-refractivity contribution is 6.99. The summed E-state index contributed by atoms with van der Waals surface area (Å²) in [4.78, 5) is 14.5. The number of carbonyl (C=O) groups is 1. The Morgan fingerprint density at radius 3 is 3.00 bits per heavy atom. The summed E-state index contributed by atoms with van der Waals surface area (Å²) in [5, 5.41) is 0. The van der Waals surface area contributed by atoms with Crippen LogP contribution in [0.1, 0.15) is 49.5 Å². The smallest absolute Gasteiger partial charge is 0.275 e. The van der Waals surface area contributed by atoms with Crippen molar-refractivity contribution in [1.29, 1.82) is 0 Å². The van der Waals surface area contributed by atoms with Crippen molar-refractivity contribution in [1.82, 2.24) is 13.6 Å². The fourth-order valence-corrected chi connectivity index (χ4v) is 3.98. The van der Waals surface area contributed by atoms with E-state index in [2.05, 4.69) is 20.6 Å². The third kappa shape index (κ3) is 2.05. The van der Waals surface area contributed by atoms with Crippen molar-refractivity contribution in [2.75, 3.05) is 6.54 Å². The molecule has 18 heavy (non-hydrogen) atoms.